The van der Waals surface area contributed by atoms with Crippen LogP contribution >= 0.6 is 11.3 Å². The molecule has 0 aromatic carbocycles. The van der Waals surface area contributed by atoms with Crippen molar-refractivity contribution in [2.75, 3.05) is 5.32 Å². The molecule has 0 saturated carbocycles. The highest BCUT2D eigenvalue weighted by atomic mass is 32.1. The van der Waals surface area contributed by atoms with Crippen LogP contribution in [-0.4, -0.2) is 20.7 Å². The molecule has 0 aliphatic carbocycles. The Hall–Kier alpha value is -1.47. The maximum Gasteiger partial charge on any atom is 0.315 e. The molecule has 2 aromatic rings. The van der Waals surface area contributed by atoms with Gasteiger partial charge in [0.25, 0.3) is 0 Å². The third-order valence-corrected chi connectivity index (χ3v) is 2.78. The zero-order valence-corrected chi connectivity index (χ0v) is 11.5. The average molecular weight is 267 g/mol. The van der Waals surface area contributed by atoms with Gasteiger partial charge in [-0.1, -0.05) is 5.10 Å². The zero-order chi connectivity index (χ0) is 13.0. The average Bonchev–Trinajstić information content (AvgIpc) is 2.94. The number of anilines is 1. The summed E-state index contributed by atoms with van der Waals surface area (Å²) in [7, 11) is 0. The van der Waals surface area contributed by atoms with E-state index < -0.39 is 0 Å². The first-order chi connectivity index (χ1) is 8.53. The molecule has 2 heterocycles. The van der Waals surface area contributed by atoms with E-state index in [1.54, 1.807) is 16.8 Å². The molecule has 2 aromatic heterocycles. The maximum absolute atomic E-state index is 5.46. The monoisotopic (exact) mass is 267 g/mol. The number of nitrogens with zero attached hydrogens (tertiary/aromatic N) is 3. The number of nitrogens with one attached hydrogen (secondary N) is 2. The summed E-state index contributed by atoms with van der Waals surface area (Å²) in [6, 6.07) is 0.425. The normalized spacial score (nSPS) is 11.7. The summed E-state index contributed by atoms with van der Waals surface area (Å²) in [4.78, 5) is 4.16. The molecule has 0 atom stereocenters. The first kappa shape index (κ1) is 13.0. The van der Waals surface area contributed by atoms with Crippen LogP contribution < -0.4 is 10.6 Å². The highest BCUT2D eigenvalue weighted by Crippen LogP contribution is 2.09. The zero-order valence-electron chi connectivity index (χ0n) is 10.7. The molecule has 0 saturated heterocycles. The van der Waals surface area contributed by atoms with Gasteiger partial charge in [0, 0.05) is 10.9 Å². The predicted octanol–water partition coefficient (Wildman–Crippen LogP) is 2.03. The van der Waals surface area contributed by atoms with Crippen LogP contribution in [-0.2, 0) is 13.1 Å². The number of aromatic nitrogens is 3. The van der Waals surface area contributed by atoms with Crippen molar-refractivity contribution >= 4 is 17.4 Å². The minimum Gasteiger partial charge on any atom is -0.407 e. The van der Waals surface area contributed by atoms with Gasteiger partial charge in [-0.15, -0.1) is 16.4 Å². The summed E-state index contributed by atoms with van der Waals surface area (Å²) >= 11 is 1.56. The summed E-state index contributed by atoms with van der Waals surface area (Å²) in [6.07, 6.45) is 0. The van der Waals surface area contributed by atoms with Gasteiger partial charge in [0.05, 0.1) is 24.3 Å². The molecule has 2 rings (SSSR count). The second-order valence-electron chi connectivity index (χ2n) is 4.94. The first-order valence-corrected chi connectivity index (χ1v) is 6.65. The largest absolute Gasteiger partial charge is 0.407 e. The smallest absolute Gasteiger partial charge is 0.315 e. The molecule has 0 spiro atoms. The van der Waals surface area contributed by atoms with Crippen LogP contribution in [0.25, 0.3) is 0 Å². The Labute approximate surface area is 110 Å². The molecule has 0 amide bonds. The topological polar surface area (TPSA) is 75.9 Å². The van der Waals surface area contributed by atoms with E-state index in [1.807, 2.05) is 5.38 Å². The van der Waals surface area contributed by atoms with Crippen LogP contribution in [0.1, 0.15) is 32.4 Å². The van der Waals surface area contributed by atoms with Gasteiger partial charge in [-0.2, -0.15) is 0 Å². The Morgan fingerprint density at radius 1 is 1.28 bits per heavy atom. The van der Waals surface area contributed by atoms with Gasteiger partial charge in [-0.3, -0.25) is 0 Å². The summed E-state index contributed by atoms with van der Waals surface area (Å²) in [5.41, 5.74) is 2.79. The fourth-order valence-electron chi connectivity index (χ4n) is 1.23. The van der Waals surface area contributed by atoms with Gasteiger partial charge >= 0.3 is 6.01 Å². The van der Waals surface area contributed by atoms with Gasteiger partial charge < -0.3 is 15.1 Å². The second kappa shape index (κ2) is 5.45. The van der Waals surface area contributed by atoms with Gasteiger partial charge in [0.1, 0.15) is 0 Å². The molecule has 98 valence electrons. The van der Waals surface area contributed by atoms with E-state index in [-0.39, 0.29) is 5.54 Å². The van der Waals surface area contributed by atoms with Crippen molar-refractivity contribution in [2.45, 2.75) is 39.4 Å². The number of hydrogen-bond donors (Lipinski definition) is 2. The molecule has 6 nitrogen and oxygen atoms in total. The summed E-state index contributed by atoms with van der Waals surface area (Å²) in [6.45, 7) is 7.42. The van der Waals surface area contributed by atoms with E-state index in [9.17, 15) is 0 Å². The molecule has 0 fully saturated rings. The third kappa shape index (κ3) is 4.08. The number of hydrogen-bond acceptors (Lipinski definition) is 7. The van der Waals surface area contributed by atoms with Crippen LogP contribution in [0.15, 0.2) is 15.3 Å². The highest BCUT2D eigenvalue weighted by molar-refractivity contribution is 7.07. The van der Waals surface area contributed by atoms with Gasteiger partial charge in [0.2, 0.25) is 5.89 Å². The van der Waals surface area contributed by atoms with E-state index in [1.165, 1.54) is 0 Å². The van der Waals surface area contributed by atoms with Crippen LogP contribution in [0.3, 0.4) is 0 Å². The van der Waals surface area contributed by atoms with E-state index in [4.69, 9.17) is 4.42 Å². The lowest BCUT2D eigenvalue weighted by Gasteiger charge is -2.18. The lowest BCUT2D eigenvalue weighted by atomic mass is 10.1. The fourth-order valence-corrected chi connectivity index (χ4v) is 1.79. The van der Waals surface area contributed by atoms with Crippen molar-refractivity contribution in [1.82, 2.24) is 20.5 Å². The number of rotatable bonds is 5. The van der Waals surface area contributed by atoms with Gasteiger partial charge in [0.15, 0.2) is 0 Å². The number of thiazole rings is 1. The Balaban J connectivity index is 1.82. The summed E-state index contributed by atoms with van der Waals surface area (Å²) < 4.78 is 5.46. The molecule has 0 aliphatic heterocycles. The van der Waals surface area contributed by atoms with Crippen LogP contribution in [0.2, 0.25) is 0 Å². The highest BCUT2D eigenvalue weighted by Gasteiger charge is 2.12. The minimum absolute atomic E-state index is 0.0304. The van der Waals surface area contributed by atoms with Crippen LogP contribution in [0.4, 0.5) is 6.01 Å². The Kier molecular flexibility index (Phi) is 3.93. The second-order valence-corrected chi connectivity index (χ2v) is 5.66. The standard InChI is InChI=1S/C11H17N5OS/c1-11(2,3)14-5-9-15-16-10(17-9)12-4-8-6-18-7-13-8/h6-7,14H,4-5H2,1-3H3,(H,12,16). The van der Waals surface area contributed by atoms with Gasteiger partial charge in [-0.05, 0) is 20.8 Å². The Bertz CT molecular complexity index is 474. The quantitative estimate of drug-likeness (QED) is 0.863. The predicted molar refractivity (Wildman–Crippen MR) is 70.3 cm³/mol. The molecule has 0 bridgehead atoms. The van der Waals surface area contributed by atoms with E-state index >= 15 is 0 Å². The van der Waals surface area contributed by atoms with Crippen molar-refractivity contribution in [1.29, 1.82) is 0 Å². The molecule has 0 unspecified atom stereocenters. The molecule has 18 heavy (non-hydrogen) atoms. The van der Waals surface area contributed by atoms with Gasteiger partial charge in [-0.25, -0.2) is 4.98 Å². The molecule has 0 radical (unpaired) electrons. The van der Waals surface area contributed by atoms with E-state index in [2.05, 4.69) is 46.6 Å². The SMILES string of the molecule is CC(C)(C)NCc1nnc(NCc2cscn2)o1. The first-order valence-electron chi connectivity index (χ1n) is 5.71. The van der Waals surface area contributed by atoms with Crippen molar-refractivity contribution < 1.29 is 4.42 Å². The summed E-state index contributed by atoms with van der Waals surface area (Å²) in [5, 5.41) is 16.2. The third-order valence-electron chi connectivity index (χ3n) is 2.14. The van der Waals surface area contributed by atoms with Crippen molar-refractivity contribution in [3.8, 4) is 0 Å². The van der Waals surface area contributed by atoms with Crippen molar-refractivity contribution in [2.24, 2.45) is 0 Å². The fraction of sp³-hybridized carbons (Fsp3) is 0.545. The maximum atomic E-state index is 5.46. The molecule has 7 heteroatoms. The van der Waals surface area contributed by atoms with Crippen LogP contribution in [0.5, 0.6) is 0 Å². The molecular weight excluding hydrogens is 250 g/mol. The lowest BCUT2D eigenvalue weighted by molar-refractivity contribution is 0.383. The Morgan fingerprint density at radius 3 is 2.78 bits per heavy atom. The van der Waals surface area contributed by atoms with Crippen molar-refractivity contribution in [3.63, 3.8) is 0 Å². The minimum atomic E-state index is 0.0304. The van der Waals surface area contributed by atoms with E-state index in [0.717, 1.165) is 5.69 Å². The molecular formula is C11H17N5OS. The Morgan fingerprint density at radius 2 is 2.11 bits per heavy atom. The van der Waals surface area contributed by atoms with Crippen molar-refractivity contribution in [3.05, 3.63) is 22.5 Å². The lowest BCUT2D eigenvalue weighted by Crippen LogP contribution is -2.35. The molecule has 2 N–H and O–H groups in total. The van der Waals surface area contributed by atoms with Crippen LogP contribution in [0, 0.1) is 0 Å². The summed E-state index contributed by atoms with van der Waals surface area (Å²) in [5.74, 6) is 0.575. The van der Waals surface area contributed by atoms with E-state index in [0.29, 0.717) is 25.0 Å². The molecule has 0 aliphatic rings.